The number of thiophene rings is 1. The monoisotopic (exact) mass is 364 g/mol. The summed E-state index contributed by atoms with van der Waals surface area (Å²) in [5.41, 5.74) is 2.14. The van der Waals surface area contributed by atoms with Gasteiger partial charge in [-0.1, -0.05) is 6.07 Å². The van der Waals surface area contributed by atoms with Crippen molar-refractivity contribution in [2.24, 2.45) is 0 Å². The Balaban J connectivity index is 1.78. The van der Waals surface area contributed by atoms with Crippen molar-refractivity contribution < 1.29 is 13.6 Å². The van der Waals surface area contributed by atoms with Gasteiger partial charge in [0.15, 0.2) is 11.6 Å². The van der Waals surface area contributed by atoms with Crippen molar-refractivity contribution in [3.63, 3.8) is 0 Å². The predicted molar refractivity (Wildman–Crippen MR) is 92.4 cm³/mol. The lowest BCUT2D eigenvalue weighted by Gasteiger charge is -2.14. The Morgan fingerprint density at radius 2 is 2.04 bits per heavy atom. The lowest BCUT2D eigenvalue weighted by molar-refractivity contribution is 0.0943. The second kappa shape index (κ2) is 6.78. The minimum Gasteiger partial charge on any atom is -0.345 e. The van der Waals surface area contributed by atoms with Crippen LogP contribution in [0.25, 0.3) is 10.6 Å². The van der Waals surface area contributed by atoms with Gasteiger partial charge in [-0.05, 0) is 43.0 Å². The molecule has 24 heavy (non-hydrogen) atoms. The molecule has 0 spiro atoms. The van der Waals surface area contributed by atoms with E-state index < -0.39 is 17.7 Å². The first kappa shape index (κ1) is 16.7. The van der Waals surface area contributed by atoms with Gasteiger partial charge in [-0.15, -0.1) is 11.3 Å². The van der Waals surface area contributed by atoms with Crippen LogP contribution in [-0.4, -0.2) is 10.9 Å². The van der Waals surface area contributed by atoms with E-state index in [0.29, 0.717) is 16.1 Å². The standard InChI is InChI=1S/C17H14F2N2OS2/c1-9(11-3-4-13(18)14(19)7-11)20-16(22)15-10(2)21-17(24-15)12-5-6-23-8-12/h3-9H,1-2H3,(H,20,22)/t9-/m1/s1. The average molecular weight is 364 g/mol. The van der Waals surface area contributed by atoms with E-state index in [1.54, 1.807) is 25.2 Å². The van der Waals surface area contributed by atoms with Gasteiger partial charge in [0.1, 0.15) is 9.88 Å². The minimum atomic E-state index is -0.928. The lowest BCUT2D eigenvalue weighted by Crippen LogP contribution is -2.26. The Morgan fingerprint density at radius 1 is 1.25 bits per heavy atom. The molecule has 3 nitrogen and oxygen atoms in total. The predicted octanol–water partition coefficient (Wildman–Crippen LogP) is 4.95. The van der Waals surface area contributed by atoms with Gasteiger partial charge in [0, 0.05) is 10.9 Å². The van der Waals surface area contributed by atoms with E-state index in [1.165, 1.54) is 17.4 Å². The molecule has 0 aliphatic rings. The number of amides is 1. The summed E-state index contributed by atoms with van der Waals surface area (Å²) in [6.07, 6.45) is 0. The molecule has 2 heterocycles. The van der Waals surface area contributed by atoms with Gasteiger partial charge < -0.3 is 5.32 Å². The summed E-state index contributed by atoms with van der Waals surface area (Å²) in [6, 6.07) is 5.11. The smallest absolute Gasteiger partial charge is 0.263 e. The topological polar surface area (TPSA) is 42.0 Å². The van der Waals surface area contributed by atoms with Crippen molar-refractivity contribution in [1.82, 2.24) is 10.3 Å². The maximum absolute atomic E-state index is 13.3. The summed E-state index contributed by atoms with van der Waals surface area (Å²) in [6.45, 7) is 3.50. The van der Waals surface area contributed by atoms with Crippen LogP contribution in [0.3, 0.4) is 0 Å². The van der Waals surface area contributed by atoms with E-state index in [0.717, 1.165) is 22.7 Å². The molecule has 0 radical (unpaired) electrons. The largest absolute Gasteiger partial charge is 0.345 e. The van der Waals surface area contributed by atoms with Gasteiger partial charge in [0.2, 0.25) is 0 Å². The number of hydrogen-bond donors (Lipinski definition) is 1. The number of rotatable bonds is 4. The summed E-state index contributed by atoms with van der Waals surface area (Å²) in [4.78, 5) is 17.4. The Kier molecular flexibility index (Phi) is 4.73. The number of carbonyl (C=O) groups excluding carboxylic acids is 1. The molecule has 1 aromatic carbocycles. The summed E-state index contributed by atoms with van der Waals surface area (Å²) in [7, 11) is 0. The van der Waals surface area contributed by atoms with E-state index in [9.17, 15) is 13.6 Å². The normalized spacial score (nSPS) is 12.2. The minimum absolute atomic E-state index is 0.274. The van der Waals surface area contributed by atoms with Crippen molar-refractivity contribution in [1.29, 1.82) is 0 Å². The average Bonchev–Trinajstić information content (AvgIpc) is 3.19. The number of halogens is 2. The lowest BCUT2D eigenvalue weighted by atomic mass is 10.1. The third kappa shape index (κ3) is 3.37. The van der Waals surface area contributed by atoms with Crippen LogP contribution in [0.2, 0.25) is 0 Å². The molecule has 0 saturated carbocycles. The number of benzene rings is 1. The number of nitrogens with zero attached hydrogens (tertiary/aromatic N) is 1. The van der Waals surface area contributed by atoms with Crippen LogP contribution in [0.15, 0.2) is 35.0 Å². The van der Waals surface area contributed by atoms with Crippen molar-refractivity contribution in [2.45, 2.75) is 19.9 Å². The number of hydrogen-bond acceptors (Lipinski definition) is 4. The molecule has 2 aromatic heterocycles. The zero-order valence-electron chi connectivity index (χ0n) is 13.0. The van der Waals surface area contributed by atoms with Gasteiger partial charge in [-0.25, -0.2) is 13.8 Å². The SMILES string of the molecule is Cc1nc(-c2ccsc2)sc1C(=O)N[C@H](C)c1ccc(F)c(F)c1. The Labute approximate surface area is 146 Å². The van der Waals surface area contributed by atoms with Crippen LogP contribution in [0.1, 0.15) is 33.9 Å². The van der Waals surface area contributed by atoms with E-state index in [4.69, 9.17) is 0 Å². The fraction of sp³-hybridized carbons (Fsp3) is 0.176. The summed E-state index contributed by atoms with van der Waals surface area (Å²) < 4.78 is 26.3. The number of aryl methyl sites for hydroxylation is 1. The van der Waals surface area contributed by atoms with Crippen molar-refractivity contribution >= 4 is 28.6 Å². The van der Waals surface area contributed by atoms with Crippen LogP contribution in [0.5, 0.6) is 0 Å². The van der Waals surface area contributed by atoms with Gasteiger partial charge >= 0.3 is 0 Å². The highest BCUT2D eigenvalue weighted by Crippen LogP contribution is 2.29. The molecule has 0 unspecified atom stereocenters. The first-order chi connectivity index (χ1) is 11.5. The molecule has 0 bridgehead atoms. The van der Waals surface area contributed by atoms with Gasteiger partial charge in [-0.3, -0.25) is 4.79 Å². The highest BCUT2D eigenvalue weighted by Gasteiger charge is 2.19. The molecule has 0 saturated heterocycles. The summed E-state index contributed by atoms with van der Waals surface area (Å²) in [5, 5.41) is 7.53. The Bertz CT molecular complexity index is 875. The molecule has 3 rings (SSSR count). The maximum atomic E-state index is 13.3. The molecular weight excluding hydrogens is 350 g/mol. The quantitative estimate of drug-likeness (QED) is 0.712. The van der Waals surface area contributed by atoms with E-state index in [1.807, 2.05) is 16.8 Å². The fourth-order valence-electron chi connectivity index (χ4n) is 2.24. The first-order valence-corrected chi connectivity index (χ1v) is 8.97. The highest BCUT2D eigenvalue weighted by molar-refractivity contribution is 7.17. The molecule has 7 heteroatoms. The van der Waals surface area contributed by atoms with Crippen molar-refractivity contribution in [3.05, 3.63) is 62.8 Å². The number of thiazole rings is 1. The third-order valence-corrected chi connectivity index (χ3v) is 5.45. The van der Waals surface area contributed by atoms with Crippen LogP contribution >= 0.6 is 22.7 Å². The third-order valence-electron chi connectivity index (χ3n) is 3.56. The number of aromatic nitrogens is 1. The molecule has 1 N–H and O–H groups in total. The second-order valence-electron chi connectivity index (χ2n) is 5.31. The van der Waals surface area contributed by atoms with Gasteiger partial charge in [-0.2, -0.15) is 11.3 Å². The second-order valence-corrected chi connectivity index (χ2v) is 7.09. The molecule has 1 atom stereocenters. The van der Waals surface area contributed by atoms with Crippen LogP contribution in [0, 0.1) is 18.6 Å². The van der Waals surface area contributed by atoms with Gasteiger partial charge in [0.05, 0.1) is 11.7 Å². The van der Waals surface area contributed by atoms with Gasteiger partial charge in [0.25, 0.3) is 5.91 Å². The van der Waals surface area contributed by atoms with Crippen LogP contribution < -0.4 is 5.32 Å². The molecule has 124 valence electrons. The van der Waals surface area contributed by atoms with Crippen molar-refractivity contribution in [2.75, 3.05) is 0 Å². The first-order valence-electron chi connectivity index (χ1n) is 7.21. The van der Waals surface area contributed by atoms with E-state index in [-0.39, 0.29) is 5.91 Å². The maximum Gasteiger partial charge on any atom is 0.263 e. The zero-order chi connectivity index (χ0) is 17.3. The molecule has 0 fully saturated rings. The molecule has 1 amide bonds. The highest BCUT2D eigenvalue weighted by atomic mass is 32.1. The molecular formula is C17H14F2N2OS2. The van der Waals surface area contributed by atoms with E-state index >= 15 is 0 Å². The summed E-state index contributed by atoms with van der Waals surface area (Å²) >= 11 is 2.89. The van der Waals surface area contributed by atoms with Crippen LogP contribution in [0.4, 0.5) is 8.78 Å². The molecule has 0 aliphatic heterocycles. The Hall–Kier alpha value is -2.12. The fourth-order valence-corrected chi connectivity index (χ4v) is 3.92. The summed E-state index contributed by atoms with van der Waals surface area (Å²) in [5.74, 6) is -2.11. The zero-order valence-corrected chi connectivity index (χ0v) is 14.6. The van der Waals surface area contributed by atoms with Crippen LogP contribution in [-0.2, 0) is 0 Å². The van der Waals surface area contributed by atoms with E-state index in [2.05, 4.69) is 10.3 Å². The Morgan fingerprint density at radius 3 is 2.71 bits per heavy atom. The van der Waals surface area contributed by atoms with Crippen molar-refractivity contribution in [3.8, 4) is 10.6 Å². The number of carbonyl (C=O) groups is 1. The molecule has 0 aliphatic carbocycles. The number of nitrogens with one attached hydrogen (secondary N) is 1. The molecule has 3 aromatic rings.